The van der Waals surface area contributed by atoms with Crippen LogP contribution in [0.2, 0.25) is 0 Å². The lowest BCUT2D eigenvalue weighted by Gasteiger charge is -2.28. The number of rotatable bonds is 7. The van der Waals surface area contributed by atoms with Crippen LogP contribution in [0.5, 0.6) is 0 Å². The van der Waals surface area contributed by atoms with E-state index in [9.17, 15) is 9.59 Å². The van der Waals surface area contributed by atoms with Crippen LogP contribution < -0.4 is 15.5 Å². The molecular formula is C23H30N4O3. The van der Waals surface area contributed by atoms with Crippen molar-refractivity contribution in [3.8, 4) is 0 Å². The third-order valence-electron chi connectivity index (χ3n) is 4.86. The summed E-state index contributed by atoms with van der Waals surface area (Å²) in [4.78, 5) is 28.6. The quantitative estimate of drug-likeness (QED) is 0.734. The van der Waals surface area contributed by atoms with E-state index in [0.29, 0.717) is 0 Å². The van der Waals surface area contributed by atoms with Crippen LogP contribution in [0.15, 0.2) is 42.5 Å². The Balaban J connectivity index is 1.45. The van der Waals surface area contributed by atoms with Crippen molar-refractivity contribution in [3.05, 3.63) is 53.6 Å². The van der Waals surface area contributed by atoms with Crippen LogP contribution in [0.3, 0.4) is 0 Å². The van der Waals surface area contributed by atoms with E-state index < -0.39 is 0 Å². The van der Waals surface area contributed by atoms with Crippen molar-refractivity contribution < 1.29 is 14.3 Å². The number of nitrogens with zero attached hydrogens (tertiary/aromatic N) is 2. The van der Waals surface area contributed by atoms with Crippen LogP contribution >= 0.6 is 0 Å². The molecule has 0 aliphatic carbocycles. The van der Waals surface area contributed by atoms with E-state index in [1.807, 2.05) is 50.2 Å². The summed E-state index contributed by atoms with van der Waals surface area (Å²) in [6, 6.07) is 13.7. The molecule has 7 heteroatoms. The fourth-order valence-corrected chi connectivity index (χ4v) is 3.57. The molecule has 0 unspecified atom stereocenters. The zero-order valence-corrected chi connectivity index (χ0v) is 17.9. The lowest BCUT2D eigenvalue weighted by atomic mass is 10.1. The van der Waals surface area contributed by atoms with Gasteiger partial charge in [0.2, 0.25) is 11.8 Å². The van der Waals surface area contributed by atoms with Crippen LogP contribution in [0.4, 0.5) is 17.1 Å². The lowest BCUT2D eigenvalue weighted by Crippen LogP contribution is -2.36. The number of hydrogen-bond donors (Lipinski definition) is 2. The summed E-state index contributed by atoms with van der Waals surface area (Å²) in [6.07, 6.45) is 0. The number of ether oxygens (including phenoxy) is 1. The molecule has 1 saturated heterocycles. The fourth-order valence-electron chi connectivity index (χ4n) is 3.57. The molecule has 2 aromatic carbocycles. The minimum Gasteiger partial charge on any atom is -0.378 e. The monoisotopic (exact) mass is 410 g/mol. The number of anilines is 3. The maximum Gasteiger partial charge on any atom is 0.238 e. The van der Waals surface area contributed by atoms with Crippen molar-refractivity contribution in [3.63, 3.8) is 0 Å². The minimum atomic E-state index is -0.157. The molecule has 0 aromatic heterocycles. The van der Waals surface area contributed by atoms with Gasteiger partial charge in [-0.2, -0.15) is 0 Å². The van der Waals surface area contributed by atoms with E-state index in [1.54, 1.807) is 11.9 Å². The van der Waals surface area contributed by atoms with E-state index in [-0.39, 0.29) is 24.9 Å². The zero-order chi connectivity index (χ0) is 21.5. The zero-order valence-electron chi connectivity index (χ0n) is 17.9. The van der Waals surface area contributed by atoms with Gasteiger partial charge in [-0.15, -0.1) is 0 Å². The first-order chi connectivity index (χ1) is 14.4. The predicted octanol–water partition coefficient (Wildman–Crippen LogP) is 2.65. The number of aryl methyl sites for hydroxylation is 2. The number of hydrogen-bond acceptors (Lipinski definition) is 5. The molecule has 0 bridgehead atoms. The van der Waals surface area contributed by atoms with Gasteiger partial charge < -0.3 is 20.3 Å². The average Bonchev–Trinajstić information content (AvgIpc) is 2.68. The number of nitrogens with one attached hydrogen (secondary N) is 2. The van der Waals surface area contributed by atoms with Crippen LogP contribution in [-0.2, 0) is 14.3 Å². The van der Waals surface area contributed by atoms with Crippen molar-refractivity contribution in [2.75, 3.05) is 62.0 Å². The van der Waals surface area contributed by atoms with Gasteiger partial charge in [-0.25, -0.2) is 0 Å². The second-order valence-electron chi connectivity index (χ2n) is 7.79. The SMILES string of the molecule is Cc1cc(C)cc(NC(=O)CN(C)CC(=O)Nc2ccc(N3CCOCC3)cc2)c1. The molecular weight excluding hydrogens is 380 g/mol. The molecule has 2 aromatic rings. The van der Waals surface area contributed by atoms with Crippen LogP contribution in [-0.4, -0.2) is 63.2 Å². The van der Waals surface area contributed by atoms with Crippen molar-refractivity contribution in [1.82, 2.24) is 4.90 Å². The molecule has 7 nitrogen and oxygen atoms in total. The van der Waals surface area contributed by atoms with Crippen LogP contribution in [0, 0.1) is 13.8 Å². The Morgan fingerprint density at radius 3 is 2.00 bits per heavy atom. The van der Waals surface area contributed by atoms with Crippen LogP contribution in [0.1, 0.15) is 11.1 Å². The van der Waals surface area contributed by atoms with Gasteiger partial charge in [0.25, 0.3) is 0 Å². The Labute approximate surface area is 178 Å². The fraction of sp³-hybridized carbons (Fsp3) is 0.391. The Kier molecular flexibility index (Phi) is 7.43. The van der Waals surface area contributed by atoms with E-state index >= 15 is 0 Å². The first-order valence-electron chi connectivity index (χ1n) is 10.2. The molecule has 2 N–H and O–H groups in total. The van der Waals surface area contributed by atoms with Gasteiger partial charge in [-0.05, 0) is 68.4 Å². The van der Waals surface area contributed by atoms with Gasteiger partial charge in [0, 0.05) is 30.2 Å². The van der Waals surface area contributed by atoms with Crippen molar-refractivity contribution >= 4 is 28.9 Å². The molecule has 1 aliphatic rings. The second-order valence-corrected chi connectivity index (χ2v) is 7.79. The topological polar surface area (TPSA) is 73.9 Å². The Hall–Kier alpha value is -2.90. The molecule has 2 amide bonds. The van der Waals surface area contributed by atoms with E-state index in [4.69, 9.17) is 4.74 Å². The molecule has 3 rings (SSSR count). The highest BCUT2D eigenvalue weighted by Gasteiger charge is 2.13. The molecule has 0 radical (unpaired) electrons. The second kappa shape index (κ2) is 10.2. The summed E-state index contributed by atoms with van der Waals surface area (Å²) in [5, 5.41) is 5.77. The molecule has 0 saturated carbocycles. The number of morpholine rings is 1. The largest absolute Gasteiger partial charge is 0.378 e. The lowest BCUT2D eigenvalue weighted by molar-refractivity contribution is -0.119. The highest BCUT2D eigenvalue weighted by molar-refractivity contribution is 5.94. The Bertz CT molecular complexity index is 856. The standard InChI is InChI=1S/C23H30N4O3/c1-17-12-18(2)14-20(13-17)25-23(29)16-26(3)15-22(28)24-19-4-6-21(7-5-19)27-8-10-30-11-9-27/h4-7,12-14H,8-11,15-16H2,1-3H3,(H,24,28)(H,25,29). The predicted molar refractivity (Wildman–Crippen MR) is 120 cm³/mol. The third-order valence-corrected chi connectivity index (χ3v) is 4.86. The number of carbonyl (C=O) groups excluding carboxylic acids is 2. The van der Waals surface area contributed by atoms with Crippen molar-refractivity contribution in [2.24, 2.45) is 0 Å². The van der Waals surface area contributed by atoms with Crippen molar-refractivity contribution in [1.29, 1.82) is 0 Å². The van der Waals surface area contributed by atoms with Gasteiger partial charge in [0.1, 0.15) is 0 Å². The average molecular weight is 411 g/mol. The normalized spacial score (nSPS) is 13.9. The van der Waals surface area contributed by atoms with Crippen LogP contribution in [0.25, 0.3) is 0 Å². The molecule has 0 spiro atoms. The first kappa shape index (κ1) is 21.8. The summed E-state index contributed by atoms with van der Waals surface area (Å²) in [7, 11) is 1.75. The maximum atomic E-state index is 12.3. The molecule has 30 heavy (non-hydrogen) atoms. The van der Waals surface area contributed by atoms with Gasteiger partial charge in [-0.3, -0.25) is 14.5 Å². The number of carbonyl (C=O) groups is 2. The van der Waals surface area contributed by atoms with E-state index in [0.717, 1.165) is 54.5 Å². The Morgan fingerprint density at radius 1 is 0.900 bits per heavy atom. The number of likely N-dealkylation sites (N-methyl/N-ethyl adjacent to an activating group) is 1. The highest BCUT2D eigenvalue weighted by atomic mass is 16.5. The molecule has 0 atom stereocenters. The third kappa shape index (κ3) is 6.57. The van der Waals surface area contributed by atoms with E-state index in [2.05, 4.69) is 21.6 Å². The molecule has 1 heterocycles. The first-order valence-corrected chi connectivity index (χ1v) is 10.2. The maximum absolute atomic E-state index is 12.3. The highest BCUT2D eigenvalue weighted by Crippen LogP contribution is 2.19. The van der Waals surface area contributed by atoms with Gasteiger partial charge in [0.05, 0.1) is 26.3 Å². The molecule has 160 valence electrons. The summed E-state index contributed by atoms with van der Waals surface area (Å²) in [5.41, 5.74) is 4.83. The van der Waals surface area contributed by atoms with Gasteiger partial charge in [0.15, 0.2) is 0 Å². The van der Waals surface area contributed by atoms with Crippen molar-refractivity contribution in [2.45, 2.75) is 13.8 Å². The Morgan fingerprint density at radius 2 is 1.43 bits per heavy atom. The summed E-state index contributed by atoms with van der Waals surface area (Å²) < 4.78 is 5.37. The molecule has 1 fully saturated rings. The summed E-state index contributed by atoms with van der Waals surface area (Å²) >= 11 is 0. The van der Waals surface area contributed by atoms with E-state index in [1.165, 1.54) is 0 Å². The van der Waals surface area contributed by atoms with Gasteiger partial charge >= 0.3 is 0 Å². The summed E-state index contributed by atoms with van der Waals surface area (Å²) in [6.45, 7) is 7.48. The number of benzene rings is 2. The smallest absolute Gasteiger partial charge is 0.238 e. The minimum absolute atomic E-state index is 0.130. The summed E-state index contributed by atoms with van der Waals surface area (Å²) in [5.74, 6) is -0.305. The van der Waals surface area contributed by atoms with Gasteiger partial charge in [-0.1, -0.05) is 6.07 Å². The molecule has 1 aliphatic heterocycles. The number of amides is 2.